The van der Waals surface area contributed by atoms with E-state index in [9.17, 15) is 19.2 Å². The summed E-state index contributed by atoms with van der Waals surface area (Å²) in [6, 6.07) is 3.98. The number of rotatable bonds is 2. The van der Waals surface area contributed by atoms with Gasteiger partial charge in [0.2, 0.25) is 11.8 Å². The molecule has 1 aromatic heterocycles. The van der Waals surface area contributed by atoms with Crippen LogP contribution < -0.4 is 21.8 Å². The van der Waals surface area contributed by atoms with Crippen LogP contribution >= 0.6 is 0 Å². The third kappa shape index (κ3) is 2.31. The van der Waals surface area contributed by atoms with Crippen LogP contribution in [0.2, 0.25) is 0 Å². The second-order valence-corrected chi connectivity index (χ2v) is 4.78. The van der Waals surface area contributed by atoms with Crippen LogP contribution in [-0.2, 0) is 9.59 Å². The van der Waals surface area contributed by atoms with E-state index in [1.165, 1.54) is 12.1 Å². The molecule has 0 saturated carbocycles. The van der Waals surface area contributed by atoms with Crippen molar-refractivity contribution in [3.05, 3.63) is 38.9 Å². The van der Waals surface area contributed by atoms with E-state index < -0.39 is 23.1 Å². The molecule has 1 aliphatic rings. The highest BCUT2D eigenvalue weighted by Crippen LogP contribution is 2.18. The van der Waals surface area contributed by atoms with Crippen LogP contribution in [0.25, 0.3) is 10.8 Å². The highest BCUT2D eigenvalue weighted by Gasteiger charge is 2.27. The Bertz CT molecular complexity index is 851. The second kappa shape index (κ2) is 4.89. The maximum Gasteiger partial charge on any atom is 0.272 e. The topological polar surface area (TPSA) is 124 Å². The zero-order chi connectivity index (χ0) is 15.0. The molecular formula is C13H12N4O4. The zero-order valence-electron chi connectivity index (χ0n) is 10.9. The predicted octanol–water partition coefficient (Wildman–Crippen LogP) is -0.566. The largest absolute Gasteiger partial charge is 0.344 e. The number of carbonyl (C=O) groups excluding carboxylic acids is 2. The number of hydrogen-bond donors (Lipinski definition) is 4. The fourth-order valence-corrected chi connectivity index (χ4v) is 2.36. The molecule has 2 amide bonds. The van der Waals surface area contributed by atoms with Crippen LogP contribution in [0.5, 0.6) is 0 Å². The Morgan fingerprint density at radius 1 is 1.14 bits per heavy atom. The summed E-state index contributed by atoms with van der Waals surface area (Å²) in [7, 11) is 0. The molecule has 4 N–H and O–H groups in total. The number of hydrogen-bond acceptors (Lipinski definition) is 4. The Kier molecular flexibility index (Phi) is 3.05. The lowest BCUT2D eigenvalue weighted by Gasteiger charge is -2.12. The number of fused-ring (bicyclic) bond motifs is 1. The van der Waals surface area contributed by atoms with E-state index in [0.29, 0.717) is 12.8 Å². The van der Waals surface area contributed by atoms with Gasteiger partial charge in [-0.2, -0.15) is 0 Å². The third-order valence-corrected chi connectivity index (χ3v) is 3.40. The van der Waals surface area contributed by atoms with Crippen LogP contribution in [0.15, 0.2) is 27.8 Å². The van der Waals surface area contributed by atoms with Crippen molar-refractivity contribution in [3.8, 4) is 0 Å². The Morgan fingerprint density at radius 2 is 1.90 bits per heavy atom. The van der Waals surface area contributed by atoms with Gasteiger partial charge in [-0.1, -0.05) is 6.07 Å². The van der Waals surface area contributed by atoms with E-state index in [1.54, 1.807) is 6.07 Å². The summed E-state index contributed by atoms with van der Waals surface area (Å²) >= 11 is 0. The number of anilines is 1. The molecule has 0 radical (unpaired) electrons. The quantitative estimate of drug-likeness (QED) is 0.591. The molecule has 1 unspecified atom stereocenters. The minimum Gasteiger partial charge on any atom is -0.344 e. The van der Waals surface area contributed by atoms with Gasteiger partial charge in [-0.15, -0.1) is 0 Å². The van der Waals surface area contributed by atoms with Crippen molar-refractivity contribution in [1.82, 2.24) is 15.5 Å². The summed E-state index contributed by atoms with van der Waals surface area (Å²) in [5, 5.41) is 9.87. The number of benzene rings is 1. The first-order valence-corrected chi connectivity index (χ1v) is 6.40. The fraction of sp³-hybridized carbons (Fsp3) is 0.231. The fourth-order valence-electron chi connectivity index (χ4n) is 2.36. The Morgan fingerprint density at radius 3 is 2.62 bits per heavy atom. The Hall–Kier alpha value is -2.90. The number of H-pyrrole nitrogens is 2. The summed E-state index contributed by atoms with van der Waals surface area (Å²) in [5.41, 5.74) is -0.711. The van der Waals surface area contributed by atoms with E-state index in [4.69, 9.17) is 0 Å². The highest BCUT2D eigenvalue weighted by molar-refractivity contribution is 6.04. The van der Waals surface area contributed by atoms with Crippen molar-refractivity contribution in [2.24, 2.45) is 0 Å². The molecule has 0 bridgehead atoms. The standard InChI is InChI=1S/C13H12N4O4/c18-9-5-4-8(14-9)12(20)15-7-3-1-2-6-10(7)13(21)17-16-11(6)19/h1-3,8H,4-5H2,(H,14,18)(H,15,20)(H,16,19)(H,17,21). The van der Waals surface area contributed by atoms with Crippen molar-refractivity contribution in [3.63, 3.8) is 0 Å². The SMILES string of the molecule is O=C1CCC(C(=O)Nc2cccc3c(=O)[nH][nH]c(=O)c23)N1. The van der Waals surface area contributed by atoms with E-state index in [2.05, 4.69) is 20.8 Å². The zero-order valence-corrected chi connectivity index (χ0v) is 10.9. The van der Waals surface area contributed by atoms with Crippen molar-refractivity contribution < 1.29 is 9.59 Å². The van der Waals surface area contributed by atoms with Gasteiger partial charge in [0, 0.05) is 6.42 Å². The Balaban J connectivity index is 2.00. The number of aromatic nitrogens is 2. The number of amides is 2. The van der Waals surface area contributed by atoms with Crippen molar-refractivity contribution in [2.45, 2.75) is 18.9 Å². The van der Waals surface area contributed by atoms with Gasteiger partial charge in [-0.05, 0) is 18.6 Å². The minimum atomic E-state index is -0.617. The first-order valence-electron chi connectivity index (χ1n) is 6.40. The molecule has 0 aliphatic carbocycles. The average molecular weight is 288 g/mol. The van der Waals surface area contributed by atoms with Crippen molar-refractivity contribution in [1.29, 1.82) is 0 Å². The maximum atomic E-state index is 12.1. The molecular weight excluding hydrogens is 276 g/mol. The van der Waals surface area contributed by atoms with Gasteiger partial charge in [-0.25, -0.2) is 0 Å². The first kappa shape index (κ1) is 13.1. The third-order valence-electron chi connectivity index (χ3n) is 3.40. The molecule has 1 saturated heterocycles. The molecule has 0 spiro atoms. The van der Waals surface area contributed by atoms with Crippen LogP contribution in [0, 0.1) is 0 Å². The summed E-state index contributed by atoms with van der Waals surface area (Å²) in [6.07, 6.45) is 0.709. The average Bonchev–Trinajstić information content (AvgIpc) is 2.90. The van der Waals surface area contributed by atoms with Gasteiger partial charge in [0.25, 0.3) is 11.1 Å². The lowest BCUT2D eigenvalue weighted by Crippen LogP contribution is -2.37. The Labute approximate surface area is 117 Å². The monoisotopic (exact) mass is 288 g/mol. The summed E-state index contributed by atoms with van der Waals surface area (Å²) in [4.78, 5) is 46.7. The van der Waals surface area contributed by atoms with Crippen LogP contribution in [0.3, 0.4) is 0 Å². The van der Waals surface area contributed by atoms with Gasteiger partial charge in [-0.3, -0.25) is 29.4 Å². The van der Waals surface area contributed by atoms with Gasteiger partial charge < -0.3 is 10.6 Å². The van der Waals surface area contributed by atoms with Crippen LogP contribution in [0.1, 0.15) is 12.8 Å². The van der Waals surface area contributed by atoms with Crippen molar-refractivity contribution in [2.75, 3.05) is 5.32 Å². The predicted molar refractivity (Wildman–Crippen MR) is 75.0 cm³/mol. The van der Waals surface area contributed by atoms with E-state index in [1.807, 2.05) is 0 Å². The van der Waals surface area contributed by atoms with Gasteiger partial charge >= 0.3 is 0 Å². The van der Waals surface area contributed by atoms with Gasteiger partial charge in [0.05, 0.1) is 16.5 Å². The summed E-state index contributed by atoms with van der Waals surface area (Å²) in [6.45, 7) is 0. The molecule has 1 atom stereocenters. The van der Waals surface area contributed by atoms with Gasteiger partial charge in [0.1, 0.15) is 6.04 Å². The van der Waals surface area contributed by atoms with Crippen molar-refractivity contribution >= 4 is 28.3 Å². The highest BCUT2D eigenvalue weighted by atomic mass is 16.2. The summed E-state index contributed by atoms with van der Waals surface area (Å²) in [5.74, 6) is -0.588. The molecule has 2 heterocycles. The summed E-state index contributed by atoms with van der Waals surface area (Å²) < 4.78 is 0. The molecule has 8 heteroatoms. The molecule has 8 nitrogen and oxygen atoms in total. The van der Waals surface area contributed by atoms with E-state index in [-0.39, 0.29) is 22.4 Å². The molecule has 21 heavy (non-hydrogen) atoms. The van der Waals surface area contributed by atoms with Crippen LogP contribution in [-0.4, -0.2) is 28.1 Å². The molecule has 108 valence electrons. The maximum absolute atomic E-state index is 12.1. The smallest absolute Gasteiger partial charge is 0.272 e. The van der Waals surface area contributed by atoms with Gasteiger partial charge in [0.15, 0.2) is 0 Å². The molecule has 1 aliphatic heterocycles. The lowest BCUT2D eigenvalue weighted by atomic mass is 10.1. The number of carbonyl (C=O) groups is 2. The first-order chi connectivity index (χ1) is 10.1. The molecule has 2 aromatic rings. The second-order valence-electron chi connectivity index (χ2n) is 4.78. The molecule has 3 rings (SSSR count). The molecule has 1 fully saturated rings. The minimum absolute atomic E-state index is 0.110. The molecule has 1 aromatic carbocycles. The lowest BCUT2D eigenvalue weighted by molar-refractivity contribution is -0.122. The number of aromatic amines is 2. The van der Waals surface area contributed by atoms with Crippen LogP contribution in [0.4, 0.5) is 5.69 Å². The van der Waals surface area contributed by atoms with E-state index >= 15 is 0 Å². The number of nitrogens with one attached hydrogen (secondary N) is 4. The van der Waals surface area contributed by atoms with E-state index in [0.717, 1.165) is 0 Å². The normalized spacial score (nSPS) is 17.7.